The minimum atomic E-state index is -0.972. The van der Waals surface area contributed by atoms with Gasteiger partial charge in [-0.3, -0.25) is 0 Å². The number of hydrogen-bond acceptors (Lipinski definition) is 1. The Hall–Kier alpha value is 1.46. The third-order valence-electron chi connectivity index (χ3n) is 0. The van der Waals surface area contributed by atoms with Crippen LogP contribution in [0.4, 0.5) is 0 Å². The maximum absolute atomic E-state index is 4.96. The van der Waals surface area contributed by atoms with E-state index < -0.39 is 21.8 Å². The van der Waals surface area contributed by atoms with Crippen LogP contribution in [-0.2, 0) is 0 Å². The summed E-state index contributed by atoms with van der Waals surface area (Å²) in [5, 5.41) is 0. The molecule has 0 aromatic rings. The molecule has 4 heavy (non-hydrogen) atoms. The van der Waals surface area contributed by atoms with Gasteiger partial charge in [-0.05, 0) is 0 Å². The zero-order valence-corrected chi connectivity index (χ0v) is 7.36. The summed E-state index contributed by atoms with van der Waals surface area (Å²) in [6.07, 6.45) is 0. The van der Waals surface area contributed by atoms with Crippen molar-refractivity contribution in [3.63, 3.8) is 0 Å². The molecule has 0 atom stereocenters. The third kappa shape index (κ3) is 9.82. The fourth-order valence-electron chi connectivity index (χ4n) is 0. The van der Waals surface area contributed by atoms with Gasteiger partial charge in [-0.25, -0.2) is 0 Å². The molecule has 26 valence electrons. The molecule has 0 aromatic heterocycles. The van der Waals surface area contributed by atoms with Crippen molar-refractivity contribution < 1.29 is 0 Å². The molecule has 0 spiro atoms. The Bertz CT molecular complexity index is 6.00. The molecule has 1 nitrogen and oxygen atoms in total. The summed E-state index contributed by atoms with van der Waals surface area (Å²) < 4.78 is 0. The van der Waals surface area contributed by atoms with E-state index in [4.69, 9.17) is 16.6 Å². The van der Waals surface area contributed by atoms with Gasteiger partial charge in [-0.1, -0.05) is 0 Å². The number of hydrogen-bond donors (Lipinski definition) is 1. The van der Waals surface area contributed by atoms with E-state index >= 15 is 0 Å². The van der Waals surface area contributed by atoms with Crippen LogP contribution in [0, 0.1) is 0 Å². The van der Waals surface area contributed by atoms with Gasteiger partial charge in [0.2, 0.25) is 0 Å². The molecule has 0 heterocycles. The molecule has 0 aliphatic rings. The standard InChI is InChI=1S/2ClH.H3N.Pb/h2*1H;1H3;/q;;;+2/p-2. The Morgan fingerprint density at radius 2 is 1.25 bits per heavy atom. The molecule has 0 saturated carbocycles. The van der Waals surface area contributed by atoms with Gasteiger partial charge in [0.05, 0.1) is 0 Å². The fraction of sp³-hybridized carbons (Fsp3) is 0. The Morgan fingerprint density at radius 1 is 1.25 bits per heavy atom. The van der Waals surface area contributed by atoms with Crippen LogP contribution < -0.4 is 6.15 Å². The summed E-state index contributed by atoms with van der Waals surface area (Å²) in [4.78, 5) is 0. The van der Waals surface area contributed by atoms with E-state index in [-0.39, 0.29) is 6.15 Å². The van der Waals surface area contributed by atoms with Gasteiger partial charge in [0.1, 0.15) is 0 Å². The third-order valence-corrected chi connectivity index (χ3v) is 0. The summed E-state index contributed by atoms with van der Waals surface area (Å²) in [5.74, 6) is 0. The van der Waals surface area contributed by atoms with Crippen molar-refractivity contribution >= 4 is 38.4 Å². The van der Waals surface area contributed by atoms with E-state index in [0.29, 0.717) is 0 Å². The molecule has 2 radical (unpaired) electrons. The van der Waals surface area contributed by atoms with Gasteiger partial charge in [-0.15, -0.1) is 0 Å². The molecule has 0 unspecified atom stereocenters. The van der Waals surface area contributed by atoms with Crippen molar-refractivity contribution in [3.8, 4) is 0 Å². The van der Waals surface area contributed by atoms with E-state index in [0.717, 1.165) is 0 Å². The van der Waals surface area contributed by atoms with E-state index in [1.54, 1.807) is 0 Å². The molecular formula is H3Cl2NPb. The molecule has 0 bridgehead atoms. The SMILES string of the molecule is N.[Cl][Pb][Cl]. The average Bonchev–Trinajstić information content (AvgIpc) is 0.918. The van der Waals surface area contributed by atoms with Gasteiger partial charge in [-0.2, -0.15) is 0 Å². The molecule has 0 fully saturated rings. The van der Waals surface area contributed by atoms with Crippen LogP contribution in [0.5, 0.6) is 0 Å². The Morgan fingerprint density at radius 3 is 1.25 bits per heavy atom. The van der Waals surface area contributed by atoms with Crippen LogP contribution in [0.2, 0.25) is 0 Å². The second-order valence-electron chi connectivity index (χ2n) is 0.0714. The Labute approximate surface area is 44.4 Å². The number of rotatable bonds is 0. The summed E-state index contributed by atoms with van der Waals surface area (Å²) in [6.45, 7) is 0. The van der Waals surface area contributed by atoms with E-state index in [1.165, 1.54) is 0 Å². The van der Waals surface area contributed by atoms with Crippen LogP contribution in [0.3, 0.4) is 0 Å². The summed E-state index contributed by atoms with van der Waals surface area (Å²) in [7, 11) is 9.92. The maximum atomic E-state index is 4.96. The van der Waals surface area contributed by atoms with Gasteiger partial charge in [0.25, 0.3) is 0 Å². The second-order valence-corrected chi connectivity index (χ2v) is 5.64. The van der Waals surface area contributed by atoms with E-state index in [2.05, 4.69) is 0 Å². The van der Waals surface area contributed by atoms with Gasteiger partial charge in [0, 0.05) is 0 Å². The van der Waals surface area contributed by atoms with Crippen LogP contribution >= 0.6 is 16.6 Å². The van der Waals surface area contributed by atoms with Crippen LogP contribution in [0.15, 0.2) is 0 Å². The first kappa shape index (κ1) is 9.07. The van der Waals surface area contributed by atoms with E-state index in [1.807, 2.05) is 0 Å². The predicted molar refractivity (Wildman–Crippen MR) is 22.5 cm³/mol. The second kappa shape index (κ2) is 8.82. The summed E-state index contributed by atoms with van der Waals surface area (Å²) in [5.41, 5.74) is 0. The molecule has 0 rings (SSSR count). The monoisotopic (exact) mass is 295 g/mol. The molecular weight excluding hydrogens is 292 g/mol. The number of halogens is 2. The quantitative estimate of drug-likeness (QED) is 0.669. The molecule has 0 aliphatic carbocycles. The molecule has 3 N–H and O–H groups in total. The van der Waals surface area contributed by atoms with Gasteiger partial charge < -0.3 is 6.15 Å². The molecule has 4 heteroatoms. The van der Waals surface area contributed by atoms with Crippen molar-refractivity contribution in [2.45, 2.75) is 0 Å². The molecule has 0 aliphatic heterocycles. The zero-order chi connectivity index (χ0) is 2.71. The fourth-order valence-corrected chi connectivity index (χ4v) is 0. The van der Waals surface area contributed by atoms with Gasteiger partial charge in [0.15, 0.2) is 0 Å². The van der Waals surface area contributed by atoms with Crippen LogP contribution in [0.1, 0.15) is 0 Å². The minimum absolute atomic E-state index is 0. The topological polar surface area (TPSA) is 35.0 Å². The molecule has 0 amide bonds. The molecule has 0 saturated heterocycles. The Balaban J connectivity index is 0. The van der Waals surface area contributed by atoms with Crippen LogP contribution in [0.25, 0.3) is 0 Å². The first-order valence-electron chi connectivity index (χ1n) is 0.378. The molecule has 0 aromatic carbocycles. The van der Waals surface area contributed by atoms with Crippen molar-refractivity contribution in [1.82, 2.24) is 6.15 Å². The first-order valence-corrected chi connectivity index (χ1v) is 9.95. The zero-order valence-electron chi connectivity index (χ0n) is 1.96. The average molecular weight is 295 g/mol. The van der Waals surface area contributed by atoms with Gasteiger partial charge >= 0.3 is 38.4 Å². The summed E-state index contributed by atoms with van der Waals surface area (Å²) >= 11 is -0.972. The van der Waals surface area contributed by atoms with Crippen molar-refractivity contribution in [2.75, 3.05) is 0 Å². The van der Waals surface area contributed by atoms with Crippen molar-refractivity contribution in [1.29, 1.82) is 0 Å². The first-order chi connectivity index (χ1) is 1.41. The Kier molecular flexibility index (Phi) is 20.0. The van der Waals surface area contributed by atoms with Crippen LogP contribution in [-0.4, -0.2) is 21.8 Å². The predicted octanol–water partition coefficient (Wildman–Crippen LogP) is 1.16. The van der Waals surface area contributed by atoms with E-state index in [9.17, 15) is 0 Å². The normalized spacial score (nSPS) is 4.50. The van der Waals surface area contributed by atoms with Crippen molar-refractivity contribution in [3.05, 3.63) is 0 Å². The van der Waals surface area contributed by atoms with Crippen molar-refractivity contribution in [2.24, 2.45) is 0 Å². The summed E-state index contributed by atoms with van der Waals surface area (Å²) in [6, 6.07) is 0.